The molecule has 0 aliphatic rings. The minimum Gasteiger partial charge on any atom is -0.462 e. The lowest BCUT2D eigenvalue weighted by molar-refractivity contribution is -0.161. The van der Waals surface area contributed by atoms with Gasteiger partial charge in [0.2, 0.25) is 0 Å². The molecule has 0 aromatic rings. The van der Waals surface area contributed by atoms with E-state index in [1.165, 1.54) is 12.8 Å². The molecular weight excluding hydrogens is 745 g/mol. The largest absolute Gasteiger partial charge is 0.472 e. The second-order valence-electron chi connectivity index (χ2n) is 13.5. The molecule has 0 aromatic carbocycles. The molecule has 5 N–H and O–H groups in total. The first-order chi connectivity index (χ1) is 27.6. The predicted octanol–water partition coefficient (Wildman–Crippen LogP) is 9.77. The summed E-state index contributed by atoms with van der Waals surface area (Å²) in [5.41, 5.74) is 5.32. The van der Waals surface area contributed by atoms with Crippen molar-refractivity contribution in [3.8, 4) is 0 Å². The minimum atomic E-state index is -4.46. The van der Waals surface area contributed by atoms with Gasteiger partial charge in [-0.25, -0.2) is 4.57 Å². The number of hydrogen-bond donors (Lipinski definition) is 4. The molecule has 0 spiro atoms. The van der Waals surface area contributed by atoms with Crippen LogP contribution in [0.3, 0.4) is 0 Å². The molecule has 0 aliphatic heterocycles. The predicted molar refractivity (Wildman–Crippen MR) is 231 cm³/mol. The summed E-state index contributed by atoms with van der Waals surface area (Å²) in [7, 11) is -4.46. The lowest BCUT2D eigenvalue weighted by atomic mass is 10.1. The summed E-state index contributed by atoms with van der Waals surface area (Å²) in [6, 6.07) is 0. The smallest absolute Gasteiger partial charge is 0.462 e. The highest BCUT2D eigenvalue weighted by Crippen LogP contribution is 2.43. The number of aliphatic hydroxyl groups is 2. The van der Waals surface area contributed by atoms with Gasteiger partial charge >= 0.3 is 19.8 Å². The van der Waals surface area contributed by atoms with Crippen LogP contribution in [0.5, 0.6) is 0 Å². The Kier molecular flexibility index (Phi) is 37.5. The topological polar surface area (TPSA) is 175 Å². The molecule has 0 radical (unpaired) electrons. The average Bonchev–Trinajstić information content (AvgIpc) is 3.19. The van der Waals surface area contributed by atoms with E-state index in [-0.39, 0.29) is 39.0 Å². The van der Waals surface area contributed by atoms with Crippen LogP contribution in [0.15, 0.2) is 97.2 Å². The van der Waals surface area contributed by atoms with Crippen molar-refractivity contribution in [2.75, 3.05) is 26.4 Å². The first-order valence-corrected chi connectivity index (χ1v) is 22.4. The van der Waals surface area contributed by atoms with E-state index in [4.69, 9.17) is 24.3 Å². The van der Waals surface area contributed by atoms with Crippen LogP contribution < -0.4 is 5.73 Å². The van der Waals surface area contributed by atoms with Crippen molar-refractivity contribution in [2.45, 2.75) is 148 Å². The Morgan fingerprint density at radius 3 is 1.88 bits per heavy atom. The number of ether oxygens (including phenoxy) is 2. The summed E-state index contributed by atoms with van der Waals surface area (Å²) in [5, 5.41) is 20.3. The fourth-order valence-electron chi connectivity index (χ4n) is 4.99. The second kappa shape index (κ2) is 39.7. The van der Waals surface area contributed by atoms with E-state index in [2.05, 4.69) is 68.5 Å². The molecule has 0 saturated carbocycles. The molecule has 0 saturated heterocycles. The monoisotopic (exact) mass is 820 g/mol. The van der Waals surface area contributed by atoms with Gasteiger partial charge in [-0.2, -0.15) is 0 Å². The summed E-state index contributed by atoms with van der Waals surface area (Å²) in [5.74, 6) is -1.11. The van der Waals surface area contributed by atoms with Crippen LogP contribution in [0, 0.1) is 0 Å². The second-order valence-corrected chi connectivity index (χ2v) is 15.0. The van der Waals surface area contributed by atoms with Gasteiger partial charge in [0.1, 0.15) is 6.61 Å². The maximum atomic E-state index is 12.6. The van der Waals surface area contributed by atoms with Gasteiger partial charge in [-0.1, -0.05) is 137 Å². The van der Waals surface area contributed by atoms with E-state index in [1.807, 2.05) is 6.08 Å². The number of aliphatic hydroxyl groups excluding tert-OH is 2. The number of carbonyl (C=O) groups excluding carboxylic acids is 2. The van der Waals surface area contributed by atoms with Crippen LogP contribution in [-0.4, -0.2) is 71.7 Å². The number of allylic oxidation sites excluding steroid dienone is 13. The number of nitrogens with two attached hydrogens (primary N) is 1. The van der Waals surface area contributed by atoms with E-state index in [1.54, 1.807) is 36.5 Å². The zero-order valence-corrected chi connectivity index (χ0v) is 35.6. The first kappa shape index (κ1) is 53.9. The van der Waals surface area contributed by atoms with Crippen LogP contribution in [-0.2, 0) is 32.7 Å². The highest BCUT2D eigenvalue weighted by atomic mass is 31.2. The third-order valence-corrected chi connectivity index (χ3v) is 9.13. The van der Waals surface area contributed by atoms with Gasteiger partial charge in [0.05, 0.1) is 25.4 Å². The average molecular weight is 820 g/mol. The molecule has 4 atom stereocenters. The number of carbonyl (C=O) groups is 2. The Morgan fingerprint density at radius 1 is 0.649 bits per heavy atom. The fourth-order valence-corrected chi connectivity index (χ4v) is 5.76. The molecule has 324 valence electrons. The minimum absolute atomic E-state index is 0.00421. The van der Waals surface area contributed by atoms with Crippen molar-refractivity contribution >= 4 is 19.8 Å². The van der Waals surface area contributed by atoms with Gasteiger partial charge < -0.3 is 30.3 Å². The normalized spacial score (nSPS) is 15.4. The number of unbranched alkanes of at least 4 members (excludes halogenated alkanes) is 7. The van der Waals surface area contributed by atoms with E-state index in [9.17, 15) is 29.3 Å². The summed E-state index contributed by atoms with van der Waals surface area (Å²) < 4.78 is 32.5. The Labute approximate surface area is 343 Å². The van der Waals surface area contributed by atoms with Crippen molar-refractivity contribution in [1.82, 2.24) is 0 Å². The number of hydrogen-bond acceptors (Lipinski definition) is 10. The molecule has 1 unspecified atom stereocenters. The highest BCUT2D eigenvalue weighted by Gasteiger charge is 2.26. The standard InChI is InChI=1S/C45H74NO10P/c1-3-5-7-9-11-12-13-14-15-16-17-18-19-20-21-23-29-35-44(49)53-39-43(40-55-57(51,52)54-38-37-46)56-45(50)36-30-34-42(48)33-28-25-24-27-32-41(47)31-26-22-10-8-6-4-2/h5,7,11-12,14-15,17-18,22,24-28,32-33,41-43,47-48H,3-4,6,8-10,13,16,19-21,23,29-31,34-40,46H2,1-2H3,(H,51,52)/b7-5-,12-11-,15-14-,18-17-,25-24+,26-22-,32-27+,33-28-/t41-,42-,43+/m0/s1. The van der Waals surface area contributed by atoms with Gasteiger partial charge in [0, 0.05) is 19.4 Å². The molecule has 12 heteroatoms. The van der Waals surface area contributed by atoms with Gasteiger partial charge in [-0.3, -0.25) is 18.6 Å². The molecule has 0 bridgehead atoms. The zero-order valence-electron chi connectivity index (χ0n) is 34.7. The highest BCUT2D eigenvalue weighted by molar-refractivity contribution is 7.47. The maximum absolute atomic E-state index is 12.6. The number of rotatable bonds is 37. The van der Waals surface area contributed by atoms with Gasteiger partial charge in [-0.05, 0) is 77.0 Å². The van der Waals surface area contributed by atoms with Gasteiger partial charge in [0.15, 0.2) is 6.10 Å². The van der Waals surface area contributed by atoms with E-state index >= 15 is 0 Å². The molecule has 0 fully saturated rings. The van der Waals surface area contributed by atoms with Crippen LogP contribution in [0.25, 0.3) is 0 Å². The Balaban J connectivity index is 4.51. The molecule has 0 amide bonds. The number of phosphoric ester groups is 1. The molecule has 0 rings (SSSR count). The molecule has 0 aromatic heterocycles. The molecule has 0 heterocycles. The van der Waals surface area contributed by atoms with E-state index in [0.29, 0.717) is 19.3 Å². The number of esters is 2. The summed E-state index contributed by atoms with van der Waals surface area (Å²) in [6.07, 6.45) is 43.5. The zero-order chi connectivity index (χ0) is 42.1. The Bertz CT molecular complexity index is 1290. The quantitative estimate of drug-likeness (QED) is 0.0154. The van der Waals surface area contributed by atoms with Crippen LogP contribution >= 0.6 is 7.82 Å². The SMILES string of the molecule is CC/C=C\C/C=C\C/C=C\C/C=C\CCCCCCC(=O)OC[C@H](COP(=O)(O)OCCN)OC(=O)CCC[C@@H](O)\C=C/C=C/C=C/[C@@H](O)C/C=C\CCCCC. The van der Waals surface area contributed by atoms with E-state index < -0.39 is 44.7 Å². The summed E-state index contributed by atoms with van der Waals surface area (Å²) >= 11 is 0. The lowest BCUT2D eigenvalue weighted by Gasteiger charge is -2.20. The van der Waals surface area contributed by atoms with Gasteiger partial charge in [0.25, 0.3) is 0 Å². The number of phosphoric acid groups is 1. The maximum Gasteiger partial charge on any atom is 0.472 e. The van der Waals surface area contributed by atoms with Crippen LogP contribution in [0.4, 0.5) is 0 Å². The van der Waals surface area contributed by atoms with Gasteiger partial charge in [-0.15, -0.1) is 0 Å². The molecule has 11 nitrogen and oxygen atoms in total. The van der Waals surface area contributed by atoms with Crippen molar-refractivity contribution < 1.29 is 47.8 Å². The van der Waals surface area contributed by atoms with Crippen LogP contribution in [0.2, 0.25) is 0 Å². The summed E-state index contributed by atoms with van der Waals surface area (Å²) in [6.45, 7) is 3.21. The molecular formula is C45H74NO10P. The Hall–Kier alpha value is -3.15. The fraction of sp³-hybridized carbons (Fsp3) is 0.600. The third kappa shape index (κ3) is 39.5. The summed E-state index contributed by atoms with van der Waals surface area (Å²) in [4.78, 5) is 34.9. The van der Waals surface area contributed by atoms with E-state index in [0.717, 1.165) is 64.2 Å². The van der Waals surface area contributed by atoms with Crippen LogP contribution in [0.1, 0.15) is 129 Å². The van der Waals surface area contributed by atoms with Crippen molar-refractivity contribution in [3.63, 3.8) is 0 Å². The van der Waals surface area contributed by atoms with Crippen molar-refractivity contribution in [2.24, 2.45) is 5.73 Å². The first-order valence-electron chi connectivity index (χ1n) is 20.9. The Morgan fingerprint density at radius 2 is 1.23 bits per heavy atom. The molecule has 0 aliphatic carbocycles. The third-order valence-electron chi connectivity index (χ3n) is 8.14. The van der Waals surface area contributed by atoms with Crippen molar-refractivity contribution in [1.29, 1.82) is 0 Å². The lowest BCUT2D eigenvalue weighted by Crippen LogP contribution is -2.29. The molecule has 57 heavy (non-hydrogen) atoms. The van der Waals surface area contributed by atoms with Crippen molar-refractivity contribution in [3.05, 3.63) is 97.2 Å².